The van der Waals surface area contributed by atoms with Gasteiger partial charge in [0.1, 0.15) is 11.3 Å². The minimum Gasteiger partial charge on any atom is -0.493 e. The molecule has 0 bridgehead atoms. The smallest absolute Gasteiger partial charge is 0.276 e. The molecule has 2 rings (SSSR count). The second kappa shape index (κ2) is 8.10. The number of nitrogens with zero attached hydrogens (tertiary/aromatic N) is 2. The lowest BCUT2D eigenvalue weighted by molar-refractivity contribution is 0.0953. The molecule has 0 saturated carbocycles. The number of pyridine rings is 1. The number of aryl methyl sites for hydroxylation is 1. The van der Waals surface area contributed by atoms with Gasteiger partial charge in [-0.25, -0.2) is 5.43 Å². The van der Waals surface area contributed by atoms with E-state index in [0.717, 1.165) is 5.56 Å². The van der Waals surface area contributed by atoms with Crippen molar-refractivity contribution in [3.05, 3.63) is 64.1 Å². The average Bonchev–Trinajstić information content (AvgIpc) is 2.56. The molecule has 1 amide bonds. The van der Waals surface area contributed by atoms with Crippen molar-refractivity contribution in [2.45, 2.75) is 13.8 Å². The van der Waals surface area contributed by atoms with Crippen molar-refractivity contribution in [3.8, 4) is 5.75 Å². The SMILES string of the molecule is CC(C)COc1ccccc1/C=N\NC(=O)c1cccn(C)c1=O. The van der Waals surface area contributed by atoms with E-state index in [1.54, 1.807) is 19.3 Å². The summed E-state index contributed by atoms with van der Waals surface area (Å²) in [5.41, 5.74) is 2.79. The van der Waals surface area contributed by atoms with E-state index in [9.17, 15) is 9.59 Å². The van der Waals surface area contributed by atoms with Crippen LogP contribution in [0.1, 0.15) is 29.8 Å². The van der Waals surface area contributed by atoms with Crippen molar-refractivity contribution in [1.82, 2.24) is 9.99 Å². The lowest BCUT2D eigenvalue weighted by Gasteiger charge is -2.10. The quantitative estimate of drug-likeness (QED) is 0.653. The van der Waals surface area contributed by atoms with Crippen molar-refractivity contribution >= 4 is 12.1 Å². The number of amides is 1. The third-order valence-corrected chi connectivity index (χ3v) is 3.23. The molecule has 0 spiro atoms. The van der Waals surface area contributed by atoms with Crippen LogP contribution >= 0.6 is 0 Å². The van der Waals surface area contributed by atoms with E-state index >= 15 is 0 Å². The number of carbonyl (C=O) groups is 1. The number of hydrazone groups is 1. The first-order valence-electron chi connectivity index (χ1n) is 7.70. The zero-order valence-corrected chi connectivity index (χ0v) is 14.0. The highest BCUT2D eigenvalue weighted by Crippen LogP contribution is 2.16. The Balaban J connectivity index is 2.08. The monoisotopic (exact) mass is 327 g/mol. The molecule has 0 aliphatic rings. The summed E-state index contributed by atoms with van der Waals surface area (Å²) in [7, 11) is 1.59. The lowest BCUT2D eigenvalue weighted by Crippen LogP contribution is -2.29. The first kappa shape index (κ1) is 17.5. The maximum Gasteiger partial charge on any atom is 0.276 e. The van der Waals surface area contributed by atoms with Crippen molar-refractivity contribution in [1.29, 1.82) is 0 Å². The van der Waals surface area contributed by atoms with Crippen LogP contribution in [-0.2, 0) is 7.05 Å². The van der Waals surface area contributed by atoms with Crippen LogP contribution < -0.4 is 15.7 Å². The molecule has 2 aromatic rings. The first-order valence-corrected chi connectivity index (χ1v) is 7.70. The predicted molar refractivity (Wildman–Crippen MR) is 93.5 cm³/mol. The summed E-state index contributed by atoms with van der Waals surface area (Å²) >= 11 is 0. The highest BCUT2D eigenvalue weighted by molar-refractivity contribution is 5.94. The number of para-hydroxylation sites is 1. The Morgan fingerprint density at radius 3 is 2.79 bits per heavy atom. The Kier molecular flexibility index (Phi) is 5.89. The number of hydrogen-bond donors (Lipinski definition) is 1. The predicted octanol–water partition coefficient (Wildman–Crippen LogP) is 2.18. The fraction of sp³-hybridized carbons (Fsp3) is 0.278. The summed E-state index contributed by atoms with van der Waals surface area (Å²) in [6.45, 7) is 4.73. The molecular weight excluding hydrogens is 306 g/mol. The van der Waals surface area contributed by atoms with Gasteiger partial charge < -0.3 is 9.30 Å². The lowest BCUT2D eigenvalue weighted by atomic mass is 10.2. The van der Waals surface area contributed by atoms with E-state index in [1.165, 1.54) is 16.8 Å². The third kappa shape index (κ3) is 4.55. The Hall–Kier alpha value is -2.89. The average molecular weight is 327 g/mol. The van der Waals surface area contributed by atoms with Gasteiger partial charge >= 0.3 is 0 Å². The van der Waals surface area contributed by atoms with E-state index in [-0.39, 0.29) is 11.1 Å². The fourth-order valence-electron chi connectivity index (χ4n) is 1.97. The minimum absolute atomic E-state index is 0.0430. The molecule has 1 aromatic carbocycles. The summed E-state index contributed by atoms with van der Waals surface area (Å²) in [6, 6.07) is 10.5. The number of rotatable bonds is 6. The topological polar surface area (TPSA) is 72.7 Å². The molecule has 0 radical (unpaired) electrons. The molecule has 0 unspecified atom stereocenters. The molecule has 126 valence electrons. The van der Waals surface area contributed by atoms with Crippen LogP contribution in [0, 0.1) is 5.92 Å². The van der Waals surface area contributed by atoms with Crippen LogP contribution in [0.4, 0.5) is 0 Å². The molecule has 0 fully saturated rings. The molecule has 6 heteroatoms. The van der Waals surface area contributed by atoms with Gasteiger partial charge in [-0.15, -0.1) is 0 Å². The number of carbonyl (C=O) groups excluding carboxylic acids is 1. The molecule has 1 aromatic heterocycles. The third-order valence-electron chi connectivity index (χ3n) is 3.23. The Bertz CT molecular complexity index is 794. The van der Waals surface area contributed by atoms with Gasteiger partial charge in [-0.1, -0.05) is 26.0 Å². The second-order valence-corrected chi connectivity index (χ2v) is 5.78. The molecule has 0 saturated heterocycles. The van der Waals surface area contributed by atoms with E-state index < -0.39 is 5.91 Å². The summed E-state index contributed by atoms with van der Waals surface area (Å²) in [5.74, 6) is 0.553. The van der Waals surface area contributed by atoms with Crippen molar-refractivity contribution in [2.24, 2.45) is 18.1 Å². The van der Waals surface area contributed by atoms with E-state index in [0.29, 0.717) is 18.3 Å². The normalized spacial score (nSPS) is 11.0. The van der Waals surface area contributed by atoms with Crippen LogP contribution in [0.25, 0.3) is 0 Å². The van der Waals surface area contributed by atoms with Gasteiger partial charge in [-0.05, 0) is 30.2 Å². The summed E-state index contributed by atoms with van der Waals surface area (Å²) in [4.78, 5) is 23.9. The molecule has 24 heavy (non-hydrogen) atoms. The van der Waals surface area contributed by atoms with Gasteiger partial charge in [0.25, 0.3) is 11.5 Å². The second-order valence-electron chi connectivity index (χ2n) is 5.78. The van der Waals surface area contributed by atoms with E-state index in [4.69, 9.17) is 4.74 Å². The number of nitrogens with one attached hydrogen (secondary N) is 1. The Morgan fingerprint density at radius 1 is 1.29 bits per heavy atom. The van der Waals surface area contributed by atoms with Crippen molar-refractivity contribution in [3.63, 3.8) is 0 Å². The molecule has 0 aliphatic heterocycles. The Morgan fingerprint density at radius 2 is 2.04 bits per heavy atom. The first-order chi connectivity index (χ1) is 11.5. The van der Waals surface area contributed by atoms with Gasteiger partial charge in [0.05, 0.1) is 12.8 Å². The molecule has 6 nitrogen and oxygen atoms in total. The zero-order chi connectivity index (χ0) is 17.5. The van der Waals surface area contributed by atoms with Gasteiger partial charge in [0, 0.05) is 18.8 Å². The highest BCUT2D eigenvalue weighted by atomic mass is 16.5. The number of hydrogen-bond acceptors (Lipinski definition) is 4. The standard InChI is InChI=1S/C18H21N3O3/c1-13(2)12-24-16-9-5-4-7-14(16)11-19-20-17(22)15-8-6-10-21(3)18(15)23/h4-11,13H,12H2,1-3H3,(H,20,22)/b19-11-. The van der Waals surface area contributed by atoms with Crippen LogP contribution in [0.5, 0.6) is 5.75 Å². The van der Waals surface area contributed by atoms with Gasteiger partial charge in [0.2, 0.25) is 0 Å². The maximum absolute atomic E-state index is 12.0. The van der Waals surface area contributed by atoms with Crippen LogP contribution in [0.2, 0.25) is 0 Å². The summed E-state index contributed by atoms with van der Waals surface area (Å²) < 4.78 is 7.06. The Labute approximate surface area is 140 Å². The minimum atomic E-state index is -0.548. The van der Waals surface area contributed by atoms with E-state index in [2.05, 4.69) is 24.4 Å². The number of ether oxygens (including phenoxy) is 1. The van der Waals surface area contributed by atoms with Crippen LogP contribution in [-0.4, -0.2) is 23.3 Å². The van der Waals surface area contributed by atoms with Gasteiger partial charge in [-0.2, -0.15) is 5.10 Å². The van der Waals surface area contributed by atoms with Crippen LogP contribution in [0.3, 0.4) is 0 Å². The summed E-state index contributed by atoms with van der Waals surface area (Å²) in [6.07, 6.45) is 3.09. The molecular formula is C18H21N3O3. The summed E-state index contributed by atoms with van der Waals surface area (Å²) in [5, 5.41) is 3.92. The number of aromatic nitrogens is 1. The highest BCUT2D eigenvalue weighted by Gasteiger charge is 2.10. The van der Waals surface area contributed by atoms with E-state index in [1.807, 2.05) is 24.3 Å². The molecule has 1 heterocycles. The molecule has 0 aliphatic carbocycles. The van der Waals surface area contributed by atoms with Crippen molar-refractivity contribution < 1.29 is 9.53 Å². The molecule has 0 atom stereocenters. The fourth-order valence-corrected chi connectivity index (χ4v) is 1.97. The molecule has 1 N–H and O–H groups in total. The largest absolute Gasteiger partial charge is 0.493 e. The zero-order valence-electron chi connectivity index (χ0n) is 14.0. The van der Waals surface area contributed by atoms with Gasteiger partial charge in [-0.3, -0.25) is 9.59 Å². The van der Waals surface area contributed by atoms with Gasteiger partial charge in [0.15, 0.2) is 0 Å². The van der Waals surface area contributed by atoms with Crippen molar-refractivity contribution in [2.75, 3.05) is 6.61 Å². The maximum atomic E-state index is 12.0. The number of benzene rings is 1. The van der Waals surface area contributed by atoms with Crippen LogP contribution in [0.15, 0.2) is 52.5 Å².